The minimum absolute atomic E-state index is 0.214. The number of hydrogen-bond acceptors (Lipinski definition) is 8. The molecule has 4 aromatic carbocycles. The molecule has 0 aromatic heterocycles. The Hall–Kier alpha value is -5.38. The van der Waals surface area contributed by atoms with Crippen molar-refractivity contribution in [3.8, 4) is 23.0 Å². The maximum absolute atomic E-state index is 12.8. The average molecular weight is 556 g/mol. The van der Waals surface area contributed by atoms with Crippen molar-refractivity contribution in [3.05, 3.63) is 95.1 Å². The van der Waals surface area contributed by atoms with Gasteiger partial charge in [0.2, 0.25) is 5.75 Å². The Balaban J connectivity index is 1.46. The van der Waals surface area contributed by atoms with Gasteiger partial charge in [0.1, 0.15) is 5.75 Å². The Kier molecular flexibility index (Phi) is 9.16. The Bertz CT molecular complexity index is 1590. The molecule has 10 heteroatoms. The van der Waals surface area contributed by atoms with E-state index in [9.17, 15) is 14.4 Å². The van der Waals surface area contributed by atoms with Crippen LogP contribution >= 0.6 is 0 Å². The number of ether oxygens (including phenoxy) is 4. The average Bonchev–Trinajstić information content (AvgIpc) is 3.00. The van der Waals surface area contributed by atoms with E-state index in [2.05, 4.69) is 15.8 Å². The first-order chi connectivity index (χ1) is 19.8. The number of nitrogens with one attached hydrogen (secondary N) is 2. The number of esters is 1. The number of fused-ring (bicyclic) bond motifs is 1. The van der Waals surface area contributed by atoms with Crippen LogP contribution in [0.1, 0.15) is 31.8 Å². The van der Waals surface area contributed by atoms with Crippen LogP contribution in [-0.4, -0.2) is 51.9 Å². The van der Waals surface area contributed by atoms with Crippen molar-refractivity contribution >= 4 is 34.8 Å². The van der Waals surface area contributed by atoms with Crippen LogP contribution in [0.4, 0.5) is 0 Å². The summed E-state index contributed by atoms with van der Waals surface area (Å²) in [5.41, 5.74) is 4.54. The van der Waals surface area contributed by atoms with Crippen molar-refractivity contribution in [3.63, 3.8) is 0 Å². The van der Waals surface area contributed by atoms with E-state index >= 15 is 0 Å². The highest BCUT2D eigenvalue weighted by atomic mass is 16.5. The number of carbonyl (C=O) groups is 3. The van der Waals surface area contributed by atoms with E-state index in [1.54, 1.807) is 18.2 Å². The molecule has 0 fully saturated rings. The van der Waals surface area contributed by atoms with E-state index in [0.29, 0.717) is 28.4 Å². The third-order valence-corrected chi connectivity index (χ3v) is 6.14. The molecule has 0 atom stereocenters. The minimum atomic E-state index is -0.569. The van der Waals surface area contributed by atoms with E-state index in [-0.39, 0.29) is 17.9 Å². The summed E-state index contributed by atoms with van der Waals surface area (Å²) in [7, 11) is 4.34. The summed E-state index contributed by atoms with van der Waals surface area (Å²) in [5, 5.41) is 8.25. The number of rotatable bonds is 10. The third kappa shape index (κ3) is 6.80. The van der Waals surface area contributed by atoms with Gasteiger partial charge in [-0.3, -0.25) is 9.59 Å². The lowest BCUT2D eigenvalue weighted by atomic mass is 10.0. The second-order valence-electron chi connectivity index (χ2n) is 8.84. The van der Waals surface area contributed by atoms with Crippen LogP contribution in [0, 0.1) is 6.92 Å². The summed E-state index contributed by atoms with van der Waals surface area (Å²) in [5.74, 6) is -0.379. The first-order valence-electron chi connectivity index (χ1n) is 12.5. The number of aryl methyl sites for hydroxylation is 1. The largest absolute Gasteiger partial charge is 0.493 e. The van der Waals surface area contributed by atoms with Gasteiger partial charge in [-0.1, -0.05) is 48.0 Å². The molecule has 0 radical (unpaired) electrons. The van der Waals surface area contributed by atoms with Crippen molar-refractivity contribution in [1.29, 1.82) is 0 Å². The number of amides is 2. The molecule has 210 valence electrons. The highest BCUT2D eigenvalue weighted by Crippen LogP contribution is 2.38. The van der Waals surface area contributed by atoms with Gasteiger partial charge in [-0.05, 0) is 48.0 Å². The molecular weight excluding hydrogens is 526 g/mol. The van der Waals surface area contributed by atoms with Crippen molar-refractivity contribution in [1.82, 2.24) is 10.7 Å². The quantitative estimate of drug-likeness (QED) is 0.130. The summed E-state index contributed by atoms with van der Waals surface area (Å²) >= 11 is 0. The zero-order valence-corrected chi connectivity index (χ0v) is 23.0. The minimum Gasteiger partial charge on any atom is -0.493 e. The monoisotopic (exact) mass is 555 g/mol. The summed E-state index contributed by atoms with van der Waals surface area (Å²) in [6.07, 6.45) is 1.40. The van der Waals surface area contributed by atoms with Crippen LogP contribution in [0.5, 0.6) is 23.0 Å². The summed E-state index contributed by atoms with van der Waals surface area (Å²) in [6, 6.07) is 21.0. The summed E-state index contributed by atoms with van der Waals surface area (Å²) in [4.78, 5) is 37.9. The first-order valence-corrected chi connectivity index (χ1v) is 12.5. The fraction of sp³-hybridized carbons (Fsp3) is 0.161. The number of benzene rings is 4. The van der Waals surface area contributed by atoms with Gasteiger partial charge in [0.05, 0.1) is 39.7 Å². The molecule has 0 bridgehead atoms. The van der Waals surface area contributed by atoms with Crippen LogP contribution in [0.3, 0.4) is 0 Å². The molecule has 0 aliphatic heterocycles. The highest BCUT2D eigenvalue weighted by Gasteiger charge is 2.18. The standard InChI is InChI=1S/C31H29N3O7/c1-19-9-11-21(12-10-19)31(37)41-25-14-13-20-7-5-6-8-23(20)24(25)17-33-34-28(35)18-32-30(36)22-15-26(38-2)29(40-4)27(16-22)39-3/h5-17H,18H2,1-4H3,(H,32,36)(H,34,35)/b33-17+. The number of nitrogens with zero attached hydrogens (tertiary/aromatic N) is 1. The van der Waals surface area contributed by atoms with E-state index < -0.39 is 17.8 Å². The Labute approximate surface area is 236 Å². The van der Waals surface area contributed by atoms with Crippen molar-refractivity contribution in [2.75, 3.05) is 27.9 Å². The smallest absolute Gasteiger partial charge is 0.343 e. The maximum Gasteiger partial charge on any atom is 0.343 e. The lowest BCUT2D eigenvalue weighted by Crippen LogP contribution is -2.35. The van der Waals surface area contributed by atoms with E-state index in [4.69, 9.17) is 18.9 Å². The summed E-state index contributed by atoms with van der Waals surface area (Å²) in [6.45, 7) is 1.58. The highest BCUT2D eigenvalue weighted by molar-refractivity contribution is 6.04. The molecule has 2 amide bonds. The van der Waals surface area contributed by atoms with Crippen LogP contribution in [0.15, 0.2) is 77.9 Å². The van der Waals surface area contributed by atoms with E-state index in [1.807, 2.05) is 49.4 Å². The molecule has 10 nitrogen and oxygen atoms in total. The van der Waals surface area contributed by atoms with Gasteiger partial charge in [0.15, 0.2) is 11.5 Å². The molecule has 2 N–H and O–H groups in total. The van der Waals surface area contributed by atoms with E-state index in [1.165, 1.54) is 39.7 Å². The Morgan fingerprint density at radius 3 is 2.15 bits per heavy atom. The second kappa shape index (κ2) is 13.1. The Morgan fingerprint density at radius 2 is 1.49 bits per heavy atom. The molecule has 0 saturated carbocycles. The van der Waals surface area contributed by atoms with Gasteiger partial charge >= 0.3 is 5.97 Å². The SMILES string of the molecule is COc1cc(C(=O)NCC(=O)N/N=C/c2c(OC(=O)c3ccc(C)cc3)ccc3ccccc23)cc(OC)c1OC. The topological polar surface area (TPSA) is 125 Å². The van der Waals surface area contributed by atoms with Gasteiger partial charge in [-0.15, -0.1) is 0 Å². The lowest BCUT2D eigenvalue weighted by molar-refractivity contribution is -0.120. The molecule has 0 saturated heterocycles. The van der Waals surface area contributed by atoms with Gasteiger partial charge in [-0.2, -0.15) is 5.10 Å². The predicted molar refractivity (Wildman–Crippen MR) is 154 cm³/mol. The van der Waals surface area contributed by atoms with Gasteiger partial charge in [0, 0.05) is 11.1 Å². The number of methoxy groups -OCH3 is 3. The van der Waals surface area contributed by atoms with Gasteiger partial charge < -0.3 is 24.3 Å². The number of hydrogen-bond donors (Lipinski definition) is 2. The molecule has 0 spiro atoms. The van der Waals surface area contributed by atoms with Gasteiger partial charge in [-0.25, -0.2) is 10.2 Å². The fourth-order valence-electron chi connectivity index (χ4n) is 4.03. The normalized spacial score (nSPS) is 10.7. The van der Waals surface area contributed by atoms with Crippen LogP contribution < -0.4 is 29.7 Å². The maximum atomic E-state index is 12.8. The zero-order valence-electron chi connectivity index (χ0n) is 23.0. The number of hydrazone groups is 1. The molecule has 0 heterocycles. The summed E-state index contributed by atoms with van der Waals surface area (Å²) < 4.78 is 21.5. The zero-order chi connectivity index (χ0) is 29.4. The van der Waals surface area contributed by atoms with Crippen molar-refractivity contribution in [2.45, 2.75) is 6.92 Å². The van der Waals surface area contributed by atoms with Crippen LogP contribution in [0.25, 0.3) is 10.8 Å². The fourth-order valence-corrected chi connectivity index (χ4v) is 4.03. The van der Waals surface area contributed by atoms with Crippen LogP contribution in [-0.2, 0) is 4.79 Å². The lowest BCUT2D eigenvalue weighted by Gasteiger charge is -2.14. The third-order valence-electron chi connectivity index (χ3n) is 6.14. The van der Waals surface area contributed by atoms with Gasteiger partial charge in [0.25, 0.3) is 11.8 Å². The molecular formula is C31H29N3O7. The molecule has 0 aliphatic carbocycles. The molecule has 4 rings (SSSR count). The molecule has 0 aliphatic rings. The number of carbonyl (C=O) groups excluding carboxylic acids is 3. The molecule has 4 aromatic rings. The van der Waals surface area contributed by atoms with Crippen molar-refractivity contribution in [2.24, 2.45) is 5.10 Å². The molecule has 0 unspecified atom stereocenters. The predicted octanol–water partition coefficient (Wildman–Crippen LogP) is 4.27. The van der Waals surface area contributed by atoms with Crippen molar-refractivity contribution < 1.29 is 33.3 Å². The Morgan fingerprint density at radius 1 is 0.805 bits per heavy atom. The first kappa shape index (κ1) is 28.6. The van der Waals surface area contributed by atoms with E-state index in [0.717, 1.165) is 16.3 Å². The van der Waals surface area contributed by atoms with Crippen LogP contribution in [0.2, 0.25) is 0 Å². The molecule has 41 heavy (non-hydrogen) atoms. The second-order valence-corrected chi connectivity index (χ2v) is 8.84.